The molecule has 13 heteroatoms. The van der Waals surface area contributed by atoms with Gasteiger partial charge in [0.1, 0.15) is 12.6 Å². The quantitative estimate of drug-likeness (QED) is 0.114. The number of hydrogen-bond donors (Lipinski definition) is 1. The lowest BCUT2D eigenvalue weighted by atomic mass is 9.79. The molecule has 3 atom stereocenters. The molecule has 0 radical (unpaired) electrons. The van der Waals surface area contributed by atoms with Gasteiger partial charge in [0.25, 0.3) is 0 Å². The zero-order chi connectivity index (χ0) is 35.2. The minimum atomic E-state index is -4.47. The SMILES string of the molecule is CC(C)(C)S(=O)C[C@@H](CC(C)(C)C(F)(F)F)c1nc2cc([C@H](NC(=O)CC3CC(F)(F)C3)C3CC3)ccc2n1COCC[Si](C)(C)C. The van der Waals surface area contributed by atoms with E-state index >= 15 is 0 Å². The van der Waals surface area contributed by atoms with E-state index in [4.69, 9.17) is 9.72 Å². The summed E-state index contributed by atoms with van der Waals surface area (Å²) < 4.78 is 90.1. The maximum absolute atomic E-state index is 14.2. The van der Waals surface area contributed by atoms with Crippen LogP contribution in [0.3, 0.4) is 0 Å². The first-order chi connectivity index (χ1) is 21.5. The number of alkyl halides is 5. The molecule has 1 aromatic heterocycles. The predicted octanol–water partition coefficient (Wildman–Crippen LogP) is 8.96. The molecule has 0 saturated heterocycles. The molecule has 1 heterocycles. The Morgan fingerprint density at radius 3 is 2.30 bits per heavy atom. The Labute approximate surface area is 279 Å². The summed E-state index contributed by atoms with van der Waals surface area (Å²) in [6.45, 7) is 15.1. The highest BCUT2D eigenvalue weighted by Gasteiger charge is 2.49. The molecular weight excluding hydrogens is 654 g/mol. The Bertz CT molecular complexity index is 1440. The maximum Gasteiger partial charge on any atom is 0.393 e. The number of nitrogens with zero attached hydrogens (tertiary/aromatic N) is 2. The molecule has 1 N–H and O–H groups in total. The van der Waals surface area contributed by atoms with E-state index in [0.29, 0.717) is 23.5 Å². The van der Waals surface area contributed by atoms with Crippen molar-refractivity contribution in [2.75, 3.05) is 12.4 Å². The van der Waals surface area contributed by atoms with E-state index in [9.17, 15) is 31.0 Å². The van der Waals surface area contributed by atoms with Crippen molar-refractivity contribution in [1.29, 1.82) is 0 Å². The molecule has 6 nitrogen and oxygen atoms in total. The summed E-state index contributed by atoms with van der Waals surface area (Å²) in [5, 5.41) is 3.07. The van der Waals surface area contributed by atoms with Crippen molar-refractivity contribution < 1.29 is 35.7 Å². The van der Waals surface area contributed by atoms with Crippen LogP contribution >= 0.6 is 0 Å². The van der Waals surface area contributed by atoms with E-state index in [1.165, 1.54) is 13.8 Å². The van der Waals surface area contributed by atoms with E-state index in [0.717, 1.165) is 24.4 Å². The minimum absolute atomic E-state index is 0.00899. The molecule has 2 aromatic rings. The average Bonchev–Trinajstić information content (AvgIpc) is 3.67. The summed E-state index contributed by atoms with van der Waals surface area (Å²) in [5.74, 6) is -3.43. The maximum atomic E-state index is 14.2. The van der Waals surface area contributed by atoms with Crippen molar-refractivity contribution in [3.8, 4) is 0 Å². The van der Waals surface area contributed by atoms with Crippen molar-refractivity contribution in [1.82, 2.24) is 14.9 Å². The third kappa shape index (κ3) is 10.1. The van der Waals surface area contributed by atoms with E-state index in [2.05, 4.69) is 25.0 Å². The number of hydrogen-bond acceptors (Lipinski definition) is 4. The molecule has 0 spiro atoms. The van der Waals surface area contributed by atoms with Gasteiger partial charge < -0.3 is 14.6 Å². The van der Waals surface area contributed by atoms with Crippen molar-refractivity contribution in [2.24, 2.45) is 17.3 Å². The highest BCUT2D eigenvalue weighted by atomic mass is 32.2. The van der Waals surface area contributed by atoms with E-state index < -0.39 is 47.1 Å². The third-order valence-corrected chi connectivity index (χ3v) is 13.1. The number of imidazole rings is 1. The number of benzene rings is 1. The van der Waals surface area contributed by atoms with Gasteiger partial charge in [-0.05, 0) is 75.6 Å². The number of carbonyl (C=O) groups excluding carboxylic acids is 1. The molecular formula is C34H52F5N3O3SSi. The molecule has 1 unspecified atom stereocenters. The normalized spacial score (nSPS) is 19.8. The standard InChI is InChI=1S/C34H52F5N3O3SSi/c1-31(2,3)46(44)20-25(19-32(4,5)34(37,38)39)30-40-26-16-24(11-12-27(26)42(30)21-45-13-14-47(6,7)8)29(23-9-10-23)41-28(43)15-22-17-33(35,36)18-22/h11-12,16,22-23,25,29H,9-10,13-15,17-21H2,1-8H3,(H,41,43)/t25-,29-,46?/m1/s1. The zero-order valence-electron chi connectivity index (χ0n) is 29.0. The Morgan fingerprint density at radius 1 is 1.13 bits per heavy atom. The van der Waals surface area contributed by atoms with E-state index in [-0.39, 0.29) is 62.0 Å². The molecule has 2 fully saturated rings. The van der Waals surface area contributed by atoms with Crippen LogP contribution in [-0.2, 0) is 27.1 Å². The molecule has 0 aliphatic heterocycles. The van der Waals surface area contributed by atoms with Gasteiger partial charge in [-0.1, -0.05) is 39.6 Å². The van der Waals surface area contributed by atoms with Gasteiger partial charge in [-0.15, -0.1) is 0 Å². The summed E-state index contributed by atoms with van der Waals surface area (Å²) >= 11 is 0. The second kappa shape index (κ2) is 13.8. The Hall–Kier alpha value is -1.86. The van der Waals surface area contributed by atoms with Gasteiger partial charge >= 0.3 is 6.18 Å². The van der Waals surface area contributed by atoms with Gasteiger partial charge in [-0.2, -0.15) is 13.2 Å². The van der Waals surface area contributed by atoms with Gasteiger partial charge in [0.2, 0.25) is 11.8 Å². The zero-order valence-corrected chi connectivity index (χ0v) is 30.8. The predicted molar refractivity (Wildman–Crippen MR) is 180 cm³/mol. The van der Waals surface area contributed by atoms with Crippen LogP contribution in [0.2, 0.25) is 25.7 Å². The number of amides is 1. The third-order valence-electron chi connectivity index (χ3n) is 9.36. The highest BCUT2D eigenvalue weighted by Crippen LogP contribution is 2.47. The Balaban J connectivity index is 1.70. The molecule has 266 valence electrons. The van der Waals surface area contributed by atoms with Crippen LogP contribution < -0.4 is 5.32 Å². The number of nitrogens with one attached hydrogen (secondary N) is 1. The summed E-state index contributed by atoms with van der Waals surface area (Å²) in [6, 6.07) is 6.23. The van der Waals surface area contributed by atoms with Gasteiger partial charge in [-0.3, -0.25) is 9.00 Å². The molecule has 1 aromatic carbocycles. The number of carbonyl (C=O) groups is 1. The number of ether oxygens (including phenoxy) is 1. The Morgan fingerprint density at radius 2 is 1.77 bits per heavy atom. The lowest BCUT2D eigenvalue weighted by molar-refractivity contribution is -0.214. The van der Waals surface area contributed by atoms with E-state index in [1.807, 2.05) is 43.5 Å². The summed E-state index contributed by atoms with van der Waals surface area (Å²) in [5.41, 5.74) is -0.00125. The molecule has 0 bridgehead atoms. The molecule has 2 aliphatic rings. The van der Waals surface area contributed by atoms with Crippen LogP contribution in [0.25, 0.3) is 11.0 Å². The number of rotatable bonds is 15. The van der Waals surface area contributed by atoms with Crippen LogP contribution in [0.1, 0.15) is 96.5 Å². The van der Waals surface area contributed by atoms with Crippen molar-refractivity contribution in [3.05, 3.63) is 29.6 Å². The smallest absolute Gasteiger partial charge is 0.361 e. The molecule has 2 saturated carbocycles. The van der Waals surface area contributed by atoms with Crippen LogP contribution in [0.15, 0.2) is 18.2 Å². The van der Waals surface area contributed by atoms with Gasteiger partial charge in [-0.25, -0.2) is 13.8 Å². The van der Waals surface area contributed by atoms with Crippen molar-refractivity contribution >= 4 is 35.8 Å². The largest absolute Gasteiger partial charge is 0.393 e. The fraction of sp³-hybridized carbons (Fsp3) is 0.765. The molecule has 2 aliphatic carbocycles. The summed E-state index contributed by atoms with van der Waals surface area (Å²) in [7, 11) is -2.86. The number of aromatic nitrogens is 2. The first-order valence-electron chi connectivity index (χ1n) is 16.7. The van der Waals surface area contributed by atoms with Crippen LogP contribution in [0, 0.1) is 17.3 Å². The van der Waals surface area contributed by atoms with Crippen LogP contribution in [0.5, 0.6) is 0 Å². The van der Waals surface area contributed by atoms with Crippen LogP contribution in [0.4, 0.5) is 22.0 Å². The second-order valence-electron chi connectivity index (χ2n) is 16.6. The fourth-order valence-electron chi connectivity index (χ4n) is 6.06. The topological polar surface area (TPSA) is 73.2 Å². The fourth-order valence-corrected chi connectivity index (χ4v) is 7.95. The highest BCUT2D eigenvalue weighted by molar-refractivity contribution is 7.86. The molecule has 4 rings (SSSR count). The number of fused-ring (bicyclic) bond motifs is 1. The molecule has 1 amide bonds. The summed E-state index contributed by atoms with van der Waals surface area (Å²) in [4.78, 5) is 17.8. The Kier molecular flexibility index (Phi) is 11.1. The molecule has 47 heavy (non-hydrogen) atoms. The van der Waals surface area contributed by atoms with Crippen molar-refractivity contribution in [2.45, 2.75) is 134 Å². The van der Waals surface area contributed by atoms with Gasteiger partial charge in [0.15, 0.2) is 0 Å². The van der Waals surface area contributed by atoms with Gasteiger partial charge in [0.05, 0.1) is 22.5 Å². The van der Waals surface area contributed by atoms with Crippen molar-refractivity contribution in [3.63, 3.8) is 0 Å². The summed E-state index contributed by atoms with van der Waals surface area (Å²) in [6.07, 6.45) is -3.43. The van der Waals surface area contributed by atoms with E-state index in [1.54, 1.807) is 0 Å². The first-order valence-corrected chi connectivity index (χ1v) is 21.7. The lowest BCUT2D eigenvalue weighted by Crippen LogP contribution is -2.39. The first kappa shape index (κ1) is 37.9. The lowest BCUT2D eigenvalue weighted by Gasteiger charge is -2.34. The average molecular weight is 706 g/mol. The van der Waals surface area contributed by atoms with Crippen LogP contribution in [-0.4, -0.2) is 56.9 Å². The minimum Gasteiger partial charge on any atom is -0.361 e. The number of halogens is 5. The van der Waals surface area contributed by atoms with Gasteiger partial charge in [0, 0.05) is 61.2 Å². The second-order valence-corrected chi connectivity index (χ2v) is 24.5. The monoisotopic (exact) mass is 705 g/mol.